The van der Waals surface area contributed by atoms with Gasteiger partial charge in [-0.3, -0.25) is 4.79 Å². The first kappa shape index (κ1) is 21.7. The van der Waals surface area contributed by atoms with Crippen molar-refractivity contribution < 1.29 is 18.3 Å². The molecule has 0 aliphatic rings. The van der Waals surface area contributed by atoms with Gasteiger partial charge in [-0.25, -0.2) is 8.78 Å². The van der Waals surface area contributed by atoms with Crippen molar-refractivity contribution in [1.82, 2.24) is 10.6 Å². The van der Waals surface area contributed by atoms with Crippen LogP contribution in [-0.2, 0) is 5.92 Å². The molecule has 0 aliphatic carbocycles. The van der Waals surface area contributed by atoms with Gasteiger partial charge < -0.3 is 15.4 Å². The van der Waals surface area contributed by atoms with Crippen LogP contribution in [0.25, 0.3) is 10.8 Å². The number of alkyl halides is 2. The van der Waals surface area contributed by atoms with Crippen molar-refractivity contribution in [2.24, 2.45) is 0 Å². The highest BCUT2D eigenvalue weighted by Crippen LogP contribution is 2.34. The monoisotopic (exact) mass is 412 g/mol. The molecule has 0 atom stereocenters. The minimum atomic E-state index is -2.85. The van der Waals surface area contributed by atoms with Crippen LogP contribution >= 0.6 is 0 Å². The van der Waals surface area contributed by atoms with Crippen LogP contribution in [0.1, 0.15) is 35.7 Å². The lowest BCUT2D eigenvalue weighted by atomic mass is 10.1. The highest BCUT2D eigenvalue weighted by molar-refractivity contribution is 5.99. The minimum Gasteiger partial charge on any atom is -0.457 e. The molecule has 3 rings (SSSR count). The molecule has 0 aliphatic heterocycles. The average molecular weight is 412 g/mol. The van der Waals surface area contributed by atoms with E-state index in [1.54, 1.807) is 18.2 Å². The summed E-state index contributed by atoms with van der Waals surface area (Å²) in [6, 6.07) is 16.8. The van der Waals surface area contributed by atoms with Crippen molar-refractivity contribution in [3.8, 4) is 11.5 Å². The summed E-state index contributed by atoms with van der Waals surface area (Å²) in [6.07, 6.45) is 0.610. The molecule has 0 spiro atoms. The number of ether oxygens (including phenoxy) is 1. The zero-order chi connectivity index (χ0) is 21.6. The van der Waals surface area contributed by atoms with Crippen LogP contribution in [0.15, 0.2) is 60.7 Å². The predicted molar refractivity (Wildman–Crippen MR) is 116 cm³/mol. The second-order valence-electron chi connectivity index (χ2n) is 7.09. The van der Waals surface area contributed by atoms with E-state index in [4.69, 9.17) is 4.74 Å². The maximum Gasteiger partial charge on any atom is 0.273 e. The molecule has 3 aromatic rings. The molecule has 3 aromatic carbocycles. The largest absolute Gasteiger partial charge is 0.457 e. The molecule has 0 fully saturated rings. The molecule has 4 nitrogen and oxygen atoms in total. The van der Waals surface area contributed by atoms with Crippen LogP contribution in [0.5, 0.6) is 11.5 Å². The van der Waals surface area contributed by atoms with Gasteiger partial charge in [0.2, 0.25) is 0 Å². The maximum atomic E-state index is 13.8. The lowest BCUT2D eigenvalue weighted by Gasteiger charge is -2.15. The summed E-state index contributed by atoms with van der Waals surface area (Å²) in [5.74, 6) is -1.89. The lowest BCUT2D eigenvalue weighted by molar-refractivity contribution is -0.00831. The van der Waals surface area contributed by atoms with Gasteiger partial charge in [0.15, 0.2) is 0 Å². The van der Waals surface area contributed by atoms with Gasteiger partial charge in [0, 0.05) is 29.5 Å². The van der Waals surface area contributed by atoms with Crippen LogP contribution in [0, 0.1) is 0 Å². The van der Waals surface area contributed by atoms with E-state index in [9.17, 15) is 13.6 Å². The number of fused-ring (bicyclic) bond motifs is 1. The number of nitrogens with one attached hydrogen (secondary N) is 2. The molecular weight excluding hydrogens is 386 g/mol. The van der Waals surface area contributed by atoms with E-state index in [2.05, 4.69) is 10.6 Å². The molecule has 0 saturated heterocycles. The Balaban J connectivity index is 1.76. The quantitative estimate of drug-likeness (QED) is 0.458. The number of halogens is 2. The third-order valence-corrected chi connectivity index (χ3v) is 4.94. The molecule has 0 unspecified atom stereocenters. The summed E-state index contributed by atoms with van der Waals surface area (Å²) in [4.78, 5) is 12.3. The van der Waals surface area contributed by atoms with Gasteiger partial charge >= 0.3 is 0 Å². The normalized spacial score (nSPS) is 11.5. The van der Waals surface area contributed by atoms with Crippen molar-refractivity contribution in [3.63, 3.8) is 0 Å². The zero-order valence-electron chi connectivity index (χ0n) is 17.2. The van der Waals surface area contributed by atoms with Crippen molar-refractivity contribution >= 4 is 16.7 Å². The molecule has 0 heterocycles. The summed E-state index contributed by atoms with van der Waals surface area (Å²) < 4.78 is 33.5. The van der Waals surface area contributed by atoms with Gasteiger partial charge in [-0.05, 0) is 73.9 Å². The number of carbonyl (C=O) groups is 1. The second-order valence-corrected chi connectivity index (χ2v) is 7.09. The maximum absolute atomic E-state index is 13.8. The summed E-state index contributed by atoms with van der Waals surface area (Å²) in [5.41, 5.74) is 0.552. The Labute approximate surface area is 175 Å². The Morgan fingerprint density at radius 3 is 2.50 bits per heavy atom. The summed E-state index contributed by atoms with van der Waals surface area (Å²) in [6.45, 7) is 2.90. The first-order chi connectivity index (χ1) is 14.4. The molecule has 0 radical (unpaired) electrons. The van der Waals surface area contributed by atoms with Gasteiger partial charge in [-0.2, -0.15) is 0 Å². The lowest BCUT2D eigenvalue weighted by Crippen LogP contribution is -2.26. The molecule has 0 bridgehead atoms. The predicted octanol–water partition coefficient (Wildman–Crippen LogP) is 5.47. The Kier molecular flexibility index (Phi) is 7.00. The van der Waals surface area contributed by atoms with E-state index in [0.29, 0.717) is 23.6 Å². The Morgan fingerprint density at radius 2 is 1.80 bits per heavy atom. The van der Waals surface area contributed by atoms with E-state index in [1.165, 1.54) is 19.1 Å². The first-order valence-electron chi connectivity index (χ1n) is 10.1. The first-order valence-corrected chi connectivity index (χ1v) is 10.1. The summed E-state index contributed by atoms with van der Waals surface area (Å²) in [7, 11) is 1.87. The van der Waals surface area contributed by atoms with E-state index < -0.39 is 5.92 Å². The number of amides is 1. The number of hydrogen-bond acceptors (Lipinski definition) is 3. The number of carbonyl (C=O) groups excluding carboxylic acids is 1. The van der Waals surface area contributed by atoms with Crippen LogP contribution in [-0.4, -0.2) is 26.0 Å². The summed E-state index contributed by atoms with van der Waals surface area (Å²) in [5, 5.41) is 7.65. The molecule has 0 aromatic heterocycles. The Morgan fingerprint density at radius 1 is 1.03 bits per heavy atom. The van der Waals surface area contributed by atoms with Crippen LogP contribution in [0.2, 0.25) is 0 Å². The summed E-state index contributed by atoms with van der Waals surface area (Å²) >= 11 is 0. The highest BCUT2D eigenvalue weighted by Gasteiger charge is 2.28. The molecule has 30 heavy (non-hydrogen) atoms. The zero-order valence-corrected chi connectivity index (χ0v) is 17.2. The van der Waals surface area contributed by atoms with Gasteiger partial charge in [0.1, 0.15) is 11.5 Å². The molecule has 6 heteroatoms. The van der Waals surface area contributed by atoms with Gasteiger partial charge in [-0.1, -0.05) is 19.1 Å². The van der Waals surface area contributed by atoms with Gasteiger partial charge in [-0.15, -0.1) is 0 Å². The SMILES string of the molecule is CCC(F)(F)c1ccc(Oc2cccc3cc(C(=O)NCCCNC)ccc23)cc1. The molecule has 158 valence electrons. The minimum absolute atomic E-state index is 0.0272. The Bertz CT molecular complexity index is 1000. The smallest absolute Gasteiger partial charge is 0.273 e. The molecular formula is C24H26F2N2O2. The van der Waals surface area contributed by atoms with Crippen LogP contribution < -0.4 is 15.4 Å². The van der Waals surface area contributed by atoms with Crippen LogP contribution in [0.4, 0.5) is 8.78 Å². The van der Waals surface area contributed by atoms with E-state index in [1.807, 2.05) is 37.4 Å². The van der Waals surface area contributed by atoms with E-state index in [0.717, 1.165) is 23.7 Å². The van der Waals surface area contributed by atoms with Crippen molar-refractivity contribution in [2.75, 3.05) is 20.1 Å². The number of benzene rings is 3. The van der Waals surface area contributed by atoms with E-state index >= 15 is 0 Å². The highest BCUT2D eigenvalue weighted by atomic mass is 19.3. The molecule has 1 amide bonds. The number of hydrogen-bond donors (Lipinski definition) is 2. The standard InChI is InChI=1S/C24H26F2N2O2/c1-3-24(25,26)19-9-11-20(12-10-19)30-22-7-4-6-17-16-18(8-13-21(17)22)23(29)28-15-5-14-27-2/h4,6-13,16,27H,3,5,14-15H2,1-2H3,(H,28,29). The molecule has 0 saturated carbocycles. The second kappa shape index (κ2) is 9.67. The fraction of sp³-hybridized carbons (Fsp3) is 0.292. The fourth-order valence-electron chi connectivity index (χ4n) is 3.15. The number of rotatable bonds is 9. The average Bonchev–Trinajstić information content (AvgIpc) is 2.77. The topological polar surface area (TPSA) is 50.4 Å². The third-order valence-electron chi connectivity index (χ3n) is 4.94. The van der Waals surface area contributed by atoms with Crippen LogP contribution in [0.3, 0.4) is 0 Å². The third kappa shape index (κ3) is 5.13. The Hall–Kier alpha value is -2.99. The van der Waals surface area contributed by atoms with Crippen molar-refractivity contribution in [3.05, 3.63) is 71.8 Å². The van der Waals surface area contributed by atoms with Gasteiger partial charge in [0.05, 0.1) is 0 Å². The van der Waals surface area contributed by atoms with E-state index in [-0.39, 0.29) is 17.9 Å². The molecule has 2 N–H and O–H groups in total. The van der Waals surface area contributed by atoms with Crippen molar-refractivity contribution in [1.29, 1.82) is 0 Å². The fourth-order valence-corrected chi connectivity index (χ4v) is 3.15. The van der Waals surface area contributed by atoms with Gasteiger partial charge in [0.25, 0.3) is 11.8 Å². The van der Waals surface area contributed by atoms with Crippen molar-refractivity contribution in [2.45, 2.75) is 25.7 Å².